The van der Waals surface area contributed by atoms with Crippen LogP contribution in [0.2, 0.25) is 0 Å². The molecule has 0 bridgehead atoms. The van der Waals surface area contributed by atoms with Gasteiger partial charge in [-0.1, -0.05) is 29.8 Å². The van der Waals surface area contributed by atoms with Crippen LogP contribution in [0.4, 0.5) is 9.18 Å². The van der Waals surface area contributed by atoms with Crippen molar-refractivity contribution < 1.29 is 22.7 Å². The Labute approximate surface area is 157 Å². The summed E-state index contributed by atoms with van der Waals surface area (Å²) < 4.78 is 41.3. The van der Waals surface area contributed by atoms with Gasteiger partial charge < -0.3 is 10.4 Å². The Balaban J connectivity index is 2.00. The van der Waals surface area contributed by atoms with Gasteiger partial charge in [0.05, 0.1) is 10.9 Å². The number of amides is 1. The summed E-state index contributed by atoms with van der Waals surface area (Å²) in [5.74, 6) is -0.395. The number of rotatable bonds is 5. The molecule has 0 spiro atoms. The van der Waals surface area contributed by atoms with Gasteiger partial charge in [0.25, 0.3) is 0 Å². The molecule has 27 heavy (non-hydrogen) atoms. The Kier molecular flexibility index (Phi) is 5.48. The molecule has 0 radical (unpaired) electrons. The molecule has 0 saturated carbocycles. The van der Waals surface area contributed by atoms with Crippen LogP contribution in [0.5, 0.6) is 0 Å². The quantitative estimate of drug-likeness (QED) is 0.817. The van der Waals surface area contributed by atoms with Crippen molar-refractivity contribution in [2.75, 3.05) is 6.54 Å². The Morgan fingerprint density at radius 3 is 2.37 bits per heavy atom. The number of hydrogen-bond acceptors (Lipinski definition) is 3. The van der Waals surface area contributed by atoms with Gasteiger partial charge in [0.1, 0.15) is 5.82 Å². The Hall–Kier alpha value is -2.45. The molecule has 1 fully saturated rings. The van der Waals surface area contributed by atoms with Gasteiger partial charge in [-0.05, 0) is 49.6 Å². The summed E-state index contributed by atoms with van der Waals surface area (Å²) in [6.07, 6.45) is -0.163. The van der Waals surface area contributed by atoms with E-state index >= 15 is 0 Å². The SMILES string of the molecule is Cc1ccc(S(=O)(=O)N2C(CNC(=O)O)CCC2c2ccc(F)cc2)cc1. The van der Waals surface area contributed by atoms with Gasteiger partial charge in [-0.2, -0.15) is 4.31 Å². The van der Waals surface area contributed by atoms with Crippen molar-refractivity contribution in [2.45, 2.75) is 36.7 Å². The maximum atomic E-state index is 13.3. The van der Waals surface area contributed by atoms with E-state index in [9.17, 15) is 17.6 Å². The summed E-state index contributed by atoms with van der Waals surface area (Å²) in [6.45, 7) is 1.87. The summed E-state index contributed by atoms with van der Waals surface area (Å²) in [7, 11) is -3.85. The number of nitrogens with one attached hydrogen (secondary N) is 1. The van der Waals surface area contributed by atoms with E-state index < -0.39 is 34.0 Å². The topological polar surface area (TPSA) is 86.7 Å². The summed E-state index contributed by atoms with van der Waals surface area (Å²) in [5.41, 5.74) is 1.62. The Bertz CT molecular complexity index is 914. The molecule has 0 aromatic heterocycles. The summed E-state index contributed by atoms with van der Waals surface area (Å²) in [4.78, 5) is 11.0. The van der Waals surface area contributed by atoms with Crippen molar-refractivity contribution in [3.8, 4) is 0 Å². The van der Waals surface area contributed by atoms with Crippen LogP contribution in [0.15, 0.2) is 53.4 Å². The zero-order valence-corrected chi connectivity index (χ0v) is 15.6. The molecule has 8 heteroatoms. The van der Waals surface area contributed by atoms with Crippen LogP contribution in [0.1, 0.15) is 30.0 Å². The third kappa shape index (κ3) is 4.12. The van der Waals surface area contributed by atoms with Crippen molar-refractivity contribution in [1.29, 1.82) is 0 Å². The average molecular weight is 392 g/mol. The highest BCUT2D eigenvalue weighted by Gasteiger charge is 2.42. The van der Waals surface area contributed by atoms with E-state index in [2.05, 4.69) is 5.32 Å². The minimum atomic E-state index is -3.85. The first-order valence-corrected chi connectivity index (χ1v) is 10.1. The number of hydrogen-bond donors (Lipinski definition) is 2. The van der Waals surface area contributed by atoms with E-state index in [1.54, 1.807) is 36.4 Å². The predicted octanol–water partition coefficient (Wildman–Crippen LogP) is 3.30. The second-order valence-corrected chi connectivity index (χ2v) is 8.48. The molecule has 2 atom stereocenters. The second-order valence-electron chi connectivity index (χ2n) is 6.63. The lowest BCUT2D eigenvalue weighted by Crippen LogP contribution is -2.43. The molecule has 2 unspecified atom stereocenters. The van der Waals surface area contributed by atoms with Gasteiger partial charge in [0.15, 0.2) is 0 Å². The third-order valence-electron chi connectivity index (χ3n) is 4.78. The standard InChI is InChI=1S/C19H21FN2O4S/c1-13-2-9-17(10-3-13)27(25,26)22-16(12-21-19(23)24)8-11-18(22)14-4-6-15(20)7-5-14/h2-7,9-10,16,18,21H,8,11-12H2,1H3,(H,23,24). The van der Waals surface area contributed by atoms with Crippen LogP contribution >= 0.6 is 0 Å². The first kappa shape index (κ1) is 19.3. The normalized spacial score (nSPS) is 20.5. The van der Waals surface area contributed by atoms with Crippen molar-refractivity contribution in [2.24, 2.45) is 0 Å². The number of carbonyl (C=O) groups is 1. The molecule has 6 nitrogen and oxygen atoms in total. The monoisotopic (exact) mass is 392 g/mol. The minimum Gasteiger partial charge on any atom is -0.465 e. The van der Waals surface area contributed by atoms with E-state index in [0.29, 0.717) is 18.4 Å². The highest BCUT2D eigenvalue weighted by molar-refractivity contribution is 7.89. The van der Waals surface area contributed by atoms with Crippen molar-refractivity contribution >= 4 is 16.1 Å². The highest BCUT2D eigenvalue weighted by Crippen LogP contribution is 2.40. The molecular weight excluding hydrogens is 371 g/mol. The lowest BCUT2D eigenvalue weighted by atomic mass is 10.1. The van der Waals surface area contributed by atoms with Gasteiger partial charge in [-0.15, -0.1) is 0 Å². The smallest absolute Gasteiger partial charge is 0.404 e. The molecule has 2 aromatic rings. The van der Waals surface area contributed by atoms with Crippen molar-refractivity contribution in [3.63, 3.8) is 0 Å². The van der Waals surface area contributed by atoms with Crippen LogP contribution in [0, 0.1) is 12.7 Å². The van der Waals surface area contributed by atoms with Crippen LogP contribution in [0.3, 0.4) is 0 Å². The van der Waals surface area contributed by atoms with Crippen LogP contribution in [-0.2, 0) is 10.0 Å². The van der Waals surface area contributed by atoms with Crippen LogP contribution in [-0.4, -0.2) is 36.5 Å². The molecule has 2 aromatic carbocycles. The van der Waals surface area contributed by atoms with Gasteiger partial charge in [-0.3, -0.25) is 0 Å². The fraction of sp³-hybridized carbons (Fsp3) is 0.316. The zero-order valence-electron chi connectivity index (χ0n) is 14.8. The second kappa shape index (κ2) is 7.66. The zero-order chi connectivity index (χ0) is 19.6. The minimum absolute atomic E-state index is 0.00187. The molecule has 0 aliphatic carbocycles. The number of sulfonamides is 1. The highest BCUT2D eigenvalue weighted by atomic mass is 32.2. The van der Waals surface area contributed by atoms with Crippen molar-refractivity contribution in [3.05, 3.63) is 65.5 Å². The summed E-state index contributed by atoms with van der Waals surface area (Å²) in [5, 5.41) is 11.2. The fourth-order valence-electron chi connectivity index (χ4n) is 3.45. The molecular formula is C19H21FN2O4S. The van der Waals surface area contributed by atoms with E-state index in [0.717, 1.165) is 5.56 Å². The lowest BCUT2D eigenvalue weighted by Gasteiger charge is -2.29. The lowest BCUT2D eigenvalue weighted by molar-refractivity contribution is 0.190. The third-order valence-corrected chi connectivity index (χ3v) is 6.76. The molecule has 1 aliphatic rings. The number of halogens is 1. The number of nitrogens with zero attached hydrogens (tertiary/aromatic N) is 1. The number of benzene rings is 2. The molecule has 3 rings (SSSR count). The van der Waals surface area contributed by atoms with Gasteiger partial charge in [0, 0.05) is 12.6 Å². The van der Waals surface area contributed by atoms with E-state index in [-0.39, 0.29) is 11.4 Å². The number of aryl methyl sites for hydroxylation is 1. The largest absolute Gasteiger partial charge is 0.465 e. The summed E-state index contributed by atoms with van der Waals surface area (Å²) >= 11 is 0. The van der Waals surface area contributed by atoms with Crippen molar-refractivity contribution in [1.82, 2.24) is 9.62 Å². The van der Waals surface area contributed by atoms with E-state index in [1.807, 2.05) is 6.92 Å². The van der Waals surface area contributed by atoms with Gasteiger partial charge in [-0.25, -0.2) is 17.6 Å². The molecule has 2 N–H and O–H groups in total. The van der Waals surface area contributed by atoms with Crippen LogP contribution < -0.4 is 5.32 Å². The molecule has 1 aliphatic heterocycles. The Morgan fingerprint density at radius 2 is 1.78 bits per heavy atom. The maximum Gasteiger partial charge on any atom is 0.404 e. The first-order valence-electron chi connectivity index (χ1n) is 8.61. The molecule has 144 valence electrons. The summed E-state index contributed by atoms with van der Waals surface area (Å²) in [6, 6.07) is 11.3. The molecule has 1 heterocycles. The maximum absolute atomic E-state index is 13.3. The molecule has 1 saturated heterocycles. The first-order chi connectivity index (χ1) is 12.8. The predicted molar refractivity (Wildman–Crippen MR) is 98.4 cm³/mol. The van der Waals surface area contributed by atoms with E-state index in [4.69, 9.17) is 5.11 Å². The molecule has 1 amide bonds. The van der Waals surface area contributed by atoms with Crippen LogP contribution in [0.25, 0.3) is 0 Å². The van der Waals surface area contributed by atoms with Gasteiger partial charge in [0.2, 0.25) is 10.0 Å². The van der Waals surface area contributed by atoms with Gasteiger partial charge >= 0.3 is 6.09 Å². The fourth-order valence-corrected chi connectivity index (χ4v) is 5.31. The Morgan fingerprint density at radius 1 is 1.15 bits per heavy atom. The average Bonchev–Trinajstić information content (AvgIpc) is 3.06. The van der Waals surface area contributed by atoms with E-state index in [1.165, 1.54) is 16.4 Å². The number of carboxylic acid groups (broad SMARTS) is 1.